The Morgan fingerprint density at radius 1 is 0.510 bits per heavy atom. The Kier molecular flexibility index (Phi) is 10.8. The van der Waals surface area contributed by atoms with Crippen LogP contribution in [0, 0.1) is 6.92 Å². The Morgan fingerprint density at radius 3 is 1.59 bits per heavy atom. The van der Waals surface area contributed by atoms with Crippen molar-refractivity contribution in [2.24, 2.45) is 15.0 Å². The van der Waals surface area contributed by atoms with Gasteiger partial charge in [0.2, 0.25) is 0 Å². The molecule has 0 amide bonds. The van der Waals surface area contributed by atoms with Gasteiger partial charge in [-0.15, -0.1) is 0 Å². The SMILES string of the molecule is COc1ccc2ccccc2c1CC1=NCCN1.Cc1ccc2ccccc2c1CC1=NCCN1.c1ccc2cc(CC3=NCCN3)ccc2c1. The van der Waals surface area contributed by atoms with Gasteiger partial charge in [0.15, 0.2) is 0 Å². The zero-order valence-electron chi connectivity index (χ0n) is 29.6. The van der Waals surface area contributed by atoms with Crippen LogP contribution in [0.5, 0.6) is 5.75 Å². The van der Waals surface area contributed by atoms with E-state index in [-0.39, 0.29) is 0 Å². The normalized spacial score (nSPS) is 14.7. The Labute approximate surface area is 300 Å². The number of nitrogens with zero attached hydrogens (tertiary/aromatic N) is 3. The molecule has 0 fully saturated rings. The van der Waals surface area contributed by atoms with E-state index in [1.165, 1.54) is 54.6 Å². The summed E-state index contributed by atoms with van der Waals surface area (Å²) in [6.45, 7) is 7.81. The molecule has 7 nitrogen and oxygen atoms in total. The van der Waals surface area contributed by atoms with Gasteiger partial charge in [-0.1, -0.05) is 109 Å². The van der Waals surface area contributed by atoms with Crippen molar-refractivity contribution in [2.45, 2.75) is 26.2 Å². The molecule has 7 heteroatoms. The predicted molar refractivity (Wildman–Crippen MR) is 215 cm³/mol. The zero-order chi connectivity index (χ0) is 34.8. The summed E-state index contributed by atoms with van der Waals surface area (Å²) in [5.74, 6) is 4.24. The van der Waals surface area contributed by atoms with Crippen LogP contribution in [0.3, 0.4) is 0 Å². The maximum absolute atomic E-state index is 5.48. The highest BCUT2D eigenvalue weighted by molar-refractivity contribution is 5.95. The van der Waals surface area contributed by atoms with Gasteiger partial charge in [0.05, 0.1) is 26.7 Å². The van der Waals surface area contributed by atoms with Crippen LogP contribution in [0.15, 0.2) is 130 Å². The lowest BCUT2D eigenvalue weighted by atomic mass is 9.97. The maximum Gasteiger partial charge on any atom is 0.123 e. The molecule has 51 heavy (non-hydrogen) atoms. The third kappa shape index (κ3) is 8.38. The summed E-state index contributed by atoms with van der Waals surface area (Å²) in [5, 5.41) is 17.7. The van der Waals surface area contributed by atoms with Crippen LogP contribution in [0.4, 0.5) is 0 Å². The van der Waals surface area contributed by atoms with Gasteiger partial charge in [0, 0.05) is 44.5 Å². The van der Waals surface area contributed by atoms with Crippen LogP contribution in [-0.2, 0) is 19.3 Å². The molecule has 6 aromatic rings. The quantitative estimate of drug-likeness (QED) is 0.164. The topological polar surface area (TPSA) is 82.4 Å². The van der Waals surface area contributed by atoms with Crippen LogP contribution < -0.4 is 20.7 Å². The monoisotopic (exact) mass is 674 g/mol. The molecule has 9 rings (SSSR count). The molecule has 0 saturated carbocycles. The number of aryl methyl sites for hydroxylation is 1. The first-order chi connectivity index (χ1) is 25.1. The number of hydrogen-bond donors (Lipinski definition) is 3. The van der Waals surface area contributed by atoms with Gasteiger partial charge in [-0.3, -0.25) is 15.0 Å². The van der Waals surface area contributed by atoms with E-state index in [0.29, 0.717) is 0 Å². The Balaban J connectivity index is 0.000000120. The van der Waals surface area contributed by atoms with Crippen molar-refractivity contribution >= 4 is 49.8 Å². The summed E-state index contributed by atoms with van der Waals surface area (Å²) < 4.78 is 5.48. The number of rotatable bonds is 7. The van der Waals surface area contributed by atoms with Crippen molar-refractivity contribution in [3.05, 3.63) is 138 Å². The van der Waals surface area contributed by atoms with Crippen molar-refractivity contribution in [1.82, 2.24) is 16.0 Å². The summed E-state index contributed by atoms with van der Waals surface area (Å²) in [4.78, 5) is 13.4. The van der Waals surface area contributed by atoms with E-state index in [0.717, 1.165) is 81.8 Å². The van der Waals surface area contributed by atoms with Crippen LogP contribution >= 0.6 is 0 Å². The minimum atomic E-state index is 0.810. The first-order valence-electron chi connectivity index (χ1n) is 18.0. The van der Waals surface area contributed by atoms with Crippen molar-refractivity contribution < 1.29 is 4.74 Å². The minimum absolute atomic E-state index is 0.810. The van der Waals surface area contributed by atoms with E-state index >= 15 is 0 Å². The van der Waals surface area contributed by atoms with Gasteiger partial charge in [-0.05, 0) is 62.0 Å². The Morgan fingerprint density at radius 2 is 1.00 bits per heavy atom. The van der Waals surface area contributed by atoms with E-state index in [9.17, 15) is 0 Å². The van der Waals surface area contributed by atoms with Crippen LogP contribution in [-0.4, -0.2) is 63.9 Å². The average Bonchev–Trinajstić information content (AvgIpc) is 4.00. The number of benzene rings is 6. The van der Waals surface area contributed by atoms with Crippen molar-refractivity contribution in [1.29, 1.82) is 0 Å². The summed E-state index contributed by atoms with van der Waals surface area (Å²) in [6, 6.07) is 40.6. The summed E-state index contributed by atoms with van der Waals surface area (Å²) in [5.41, 5.74) is 5.28. The van der Waals surface area contributed by atoms with Gasteiger partial charge in [0.25, 0.3) is 0 Å². The molecule has 0 bridgehead atoms. The number of hydrogen-bond acceptors (Lipinski definition) is 7. The fraction of sp³-hybridized carbons (Fsp3) is 0.250. The Bertz CT molecular complexity index is 2240. The van der Waals surface area contributed by atoms with Gasteiger partial charge in [-0.25, -0.2) is 0 Å². The predicted octanol–water partition coefficient (Wildman–Crippen LogP) is 7.47. The first kappa shape index (κ1) is 33.8. The molecule has 0 aromatic heterocycles. The van der Waals surface area contributed by atoms with Crippen LogP contribution in [0.2, 0.25) is 0 Å². The van der Waals surface area contributed by atoms with Gasteiger partial charge < -0.3 is 20.7 Å². The molecule has 6 aromatic carbocycles. The first-order valence-corrected chi connectivity index (χ1v) is 18.0. The van der Waals surface area contributed by atoms with E-state index in [1.54, 1.807) is 7.11 Å². The highest BCUT2D eigenvalue weighted by atomic mass is 16.5. The maximum atomic E-state index is 5.48. The van der Waals surface area contributed by atoms with E-state index in [2.05, 4.69) is 147 Å². The third-order valence-electron chi connectivity index (χ3n) is 9.60. The molecule has 0 radical (unpaired) electrons. The molecule has 0 aliphatic carbocycles. The lowest BCUT2D eigenvalue weighted by Crippen LogP contribution is -2.21. The minimum Gasteiger partial charge on any atom is -0.496 e. The van der Waals surface area contributed by atoms with Gasteiger partial charge in [-0.2, -0.15) is 0 Å². The van der Waals surface area contributed by atoms with Crippen molar-refractivity contribution in [3.63, 3.8) is 0 Å². The molecular formula is C44H46N6O. The number of amidine groups is 3. The standard InChI is InChI=1S/C15H16N2O.C15H16N2.C14H14N2/c1-18-14-7-6-11-4-2-3-5-12(11)13(14)10-15-16-8-9-17-15;1-11-6-7-12-4-2-3-5-13(12)14(11)10-15-16-8-9-17-15;1-2-4-13-9-11(5-6-12(13)3-1)10-14-15-7-8-16-14/h2-7H,8-10H2,1H3,(H,16,17);2-7H,8-10H2,1H3,(H,16,17);1-6,9H,7-8,10H2,(H,15,16). The lowest BCUT2D eigenvalue weighted by molar-refractivity contribution is 0.412. The van der Waals surface area contributed by atoms with E-state index in [4.69, 9.17) is 4.74 Å². The second kappa shape index (κ2) is 16.3. The summed E-state index contributed by atoms with van der Waals surface area (Å²) >= 11 is 0. The molecule has 0 saturated heterocycles. The number of ether oxygens (including phenoxy) is 1. The highest BCUT2D eigenvalue weighted by Crippen LogP contribution is 2.29. The lowest BCUT2D eigenvalue weighted by Gasteiger charge is -2.12. The van der Waals surface area contributed by atoms with Gasteiger partial charge in [0.1, 0.15) is 23.3 Å². The zero-order valence-corrected chi connectivity index (χ0v) is 29.6. The smallest absolute Gasteiger partial charge is 0.123 e. The molecule has 0 unspecified atom stereocenters. The Hall–Kier alpha value is -5.69. The number of methoxy groups -OCH3 is 1. The number of nitrogens with one attached hydrogen (secondary N) is 3. The molecule has 3 N–H and O–H groups in total. The second-order valence-corrected chi connectivity index (χ2v) is 13.0. The summed E-state index contributed by atoms with van der Waals surface area (Å²) in [6.07, 6.45) is 2.66. The molecule has 0 atom stereocenters. The van der Waals surface area contributed by atoms with E-state index in [1.807, 2.05) is 6.07 Å². The molecule has 258 valence electrons. The number of fused-ring (bicyclic) bond motifs is 3. The van der Waals surface area contributed by atoms with E-state index < -0.39 is 0 Å². The molecule has 3 heterocycles. The molecular weight excluding hydrogens is 629 g/mol. The largest absolute Gasteiger partial charge is 0.496 e. The van der Waals surface area contributed by atoms with Crippen molar-refractivity contribution in [2.75, 3.05) is 46.4 Å². The fourth-order valence-corrected chi connectivity index (χ4v) is 6.94. The summed E-state index contributed by atoms with van der Waals surface area (Å²) in [7, 11) is 1.72. The molecule has 3 aliphatic heterocycles. The van der Waals surface area contributed by atoms with Crippen LogP contribution in [0.25, 0.3) is 32.3 Å². The molecule has 0 spiro atoms. The molecule has 3 aliphatic rings. The highest BCUT2D eigenvalue weighted by Gasteiger charge is 2.14. The van der Waals surface area contributed by atoms with Crippen molar-refractivity contribution in [3.8, 4) is 5.75 Å². The third-order valence-corrected chi connectivity index (χ3v) is 9.60. The fourth-order valence-electron chi connectivity index (χ4n) is 6.94. The van der Waals surface area contributed by atoms with Gasteiger partial charge >= 0.3 is 0 Å². The average molecular weight is 675 g/mol. The number of aliphatic imine (C=N–C) groups is 3. The second-order valence-electron chi connectivity index (χ2n) is 13.0. The van der Waals surface area contributed by atoms with Crippen LogP contribution in [0.1, 0.15) is 22.3 Å².